The summed E-state index contributed by atoms with van der Waals surface area (Å²) in [6, 6.07) is 0. The Morgan fingerprint density at radius 1 is 0.516 bits per heavy atom. The van der Waals surface area contributed by atoms with Gasteiger partial charge in [-0.25, -0.2) is 48.3 Å². The largest absolute Gasteiger partial charge is 0.360 e. The molecule has 0 bridgehead atoms. The van der Waals surface area contributed by atoms with Crippen LogP contribution < -0.4 is 0 Å². The van der Waals surface area contributed by atoms with E-state index in [0.717, 1.165) is 0 Å². The van der Waals surface area contributed by atoms with Crippen LogP contribution in [0.2, 0.25) is 0 Å². The molecule has 0 heterocycles. The summed E-state index contributed by atoms with van der Waals surface area (Å²) in [5, 5.41) is 0. The van der Waals surface area contributed by atoms with Crippen LogP contribution in [-0.2, 0) is 10.1 Å². The first kappa shape index (κ1) is 29.9. The zero-order valence-corrected chi connectivity index (χ0v) is 14.9. The topological polar surface area (TPSA) is 54.4 Å². The molecule has 1 N–H and O–H groups in total. The van der Waals surface area contributed by atoms with Crippen LogP contribution in [0.5, 0.6) is 0 Å². The Hall–Kier alpha value is -1.14. The molecular formula is C12H11F15O3S. The highest BCUT2D eigenvalue weighted by Gasteiger charge is 2.72. The average molecular weight is 520 g/mol. The monoisotopic (exact) mass is 520 g/mol. The molecule has 9 unspecified atom stereocenters. The fourth-order valence-electron chi connectivity index (χ4n) is 1.90. The molecular weight excluding hydrogens is 509 g/mol. The molecule has 0 spiro atoms. The third-order valence-corrected chi connectivity index (χ3v) is 4.50. The average Bonchev–Trinajstić information content (AvgIpc) is 2.67. The number of alkyl halides is 15. The molecule has 0 amide bonds. The minimum atomic E-state index is -6.87. The van der Waals surface area contributed by atoms with Crippen LogP contribution in [0.25, 0.3) is 0 Å². The zero-order chi connectivity index (χ0) is 25.3. The van der Waals surface area contributed by atoms with Gasteiger partial charge in [0.15, 0.2) is 43.2 Å². The van der Waals surface area contributed by atoms with Crippen LogP contribution in [0.15, 0.2) is 0 Å². The van der Waals surface area contributed by atoms with Crippen molar-refractivity contribution in [3.63, 3.8) is 0 Å². The van der Waals surface area contributed by atoms with Crippen molar-refractivity contribution in [1.82, 2.24) is 0 Å². The standard InChI is InChI=1S/C12H11F15O3S/c13-1(3(15)5(17)7(19)9(21)22)2(14)4(16)6(18)8(20)11(24,25)12(26,27)10(23)31(28,29)30/h1-10H,(H,28,29,30). The van der Waals surface area contributed by atoms with Crippen LogP contribution in [0.1, 0.15) is 0 Å². The number of rotatable bonds is 12. The second-order valence-corrected chi connectivity index (χ2v) is 7.37. The Bertz CT molecular complexity index is 676. The van der Waals surface area contributed by atoms with Gasteiger partial charge in [0.25, 0.3) is 11.9 Å². The molecule has 0 aromatic rings. The quantitative estimate of drug-likeness (QED) is 0.307. The van der Waals surface area contributed by atoms with Crippen molar-refractivity contribution in [2.45, 2.75) is 73.1 Å². The van der Waals surface area contributed by atoms with Crippen LogP contribution >= 0.6 is 0 Å². The van der Waals surface area contributed by atoms with E-state index in [1.165, 1.54) is 0 Å². The van der Waals surface area contributed by atoms with E-state index in [9.17, 15) is 74.3 Å². The second-order valence-electron chi connectivity index (χ2n) is 5.92. The van der Waals surface area contributed by atoms with Crippen LogP contribution in [0, 0.1) is 0 Å². The van der Waals surface area contributed by atoms with Crippen molar-refractivity contribution in [3.05, 3.63) is 0 Å². The maximum atomic E-state index is 13.4. The van der Waals surface area contributed by atoms with Gasteiger partial charge in [0, 0.05) is 0 Å². The maximum Gasteiger partial charge on any atom is 0.360 e. The Labute approximate surface area is 163 Å². The zero-order valence-electron chi connectivity index (χ0n) is 14.1. The van der Waals surface area contributed by atoms with Gasteiger partial charge < -0.3 is 0 Å². The summed E-state index contributed by atoms with van der Waals surface area (Å²) >= 11 is 0. The SMILES string of the molecule is O=S(=O)(O)C(F)C(F)(F)C(F)(F)C(F)C(F)C(F)C(F)C(F)C(F)C(F)C(F)C(F)F. The van der Waals surface area contributed by atoms with Gasteiger partial charge >= 0.3 is 22.0 Å². The van der Waals surface area contributed by atoms with Crippen LogP contribution in [0.3, 0.4) is 0 Å². The van der Waals surface area contributed by atoms with Gasteiger partial charge in [0.05, 0.1) is 0 Å². The summed E-state index contributed by atoms with van der Waals surface area (Å²) in [5.41, 5.74) is -5.31. The molecule has 0 fully saturated rings. The summed E-state index contributed by atoms with van der Waals surface area (Å²) < 4.78 is 223. The fourth-order valence-corrected chi connectivity index (χ4v) is 2.43. The number of hydrogen-bond acceptors (Lipinski definition) is 2. The lowest BCUT2D eigenvalue weighted by Gasteiger charge is -2.33. The number of halogens is 15. The van der Waals surface area contributed by atoms with Gasteiger partial charge in [0.1, 0.15) is 0 Å². The molecule has 0 aliphatic rings. The van der Waals surface area contributed by atoms with Gasteiger partial charge in [-0.05, 0) is 0 Å². The summed E-state index contributed by atoms with van der Waals surface area (Å²) in [6.07, 6.45) is -41.1. The normalized spacial score (nSPS) is 22.9. The Kier molecular flexibility index (Phi) is 9.83. The highest BCUT2D eigenvalue weighted by molar-refractivity contribution is 7.86. The van der Waals surface area contributed by atoms with Crippen molar-refractivity contribution in [3.8, 4) is 0 Å². The van der Waals surface area contributed by atoms with E-state index in [2.05, 4.69) is 0 Å². The molecule has 0 radical (unpaired) electrons. The van der Waals surface area contributed by atoms with E-state index in [1.807, 2.05) is 0 Å². The van der Waals surface area contributed by atoms with Crippen molar-refractivity contribution in [2.75, 3.05) is 0 Å². The van der Waals surface area contributed by atoms with Gasteiger partial charge in [-0.3, -0.25) is 4.55 Å². The van der Waals surface area contributed by atoms with E-state index >= 15 is 0 Å². The van der Waals surface area contributed by atoms with Gasteiger partial charge in [-0.2, -0.15) is 26.0 Å². The van der Waals surface area contributed by atoms with Crippen molar-refractivity contribution < 1.29 is 78.8 Å². The molecule has 0 aromatic heterocycles. The molecule has 188 valence electrons. The van der Waals surface area contributed by atoms with E-state index in [0.29, 0.717) is 0 Å². The van der Waals surface area contributed by atoms with E-state index in [1.54, 1.807) is 0 Å². The minimum Gasteiger partial charge on any atom is -0.283 e. The minimum absolute atomic E-state index is 4.13. The third kappa shape index (κ3) is 6.22. The molecule has 31 heavy (non-hydrogen) atoms. The van der Waals surface area contributed by atoms with Gasteiger partial charge in [-0.1, -0.05) is 0 Å². The lowest BCUT2D eigenvalue weighted by molar-refractivity contribution is -0.264. The van der Waals surface area contributed by atoms with Gasteiger partial charge in [0.2, 0.25) is 6.17 Å². The molecule has 19 heteroatoms. The highest BCUT2D eigenvalue weighted by Crippen LogP contribution is 2.46. The summed E-state index contributed by atoms with van der Waals surface area (Å²) in [5.74, 6) is -13.7. The molecule has 9 atom stereocenters. The molecule has 0 aliphatic carbocycles. The first-order chi connectivity index (χ1) is 13.6. The predicted octanol–water partition coefficient (Wildman–Crippen LogP) is 4.41. The Balaban J connectivity index is 5.62. The number of hydrogen-bond donors (Lipinski definition) is 1. The maximum absolute atomic E-state index is 13.4. The predicted molar refractivity (Wildman–Crippen MR) is 71.5 cm³/mol. The molecule has 0 saturated heterocycles. The van der Waals surface area contributed by atoms with Crippen molar-refractivity contribution in [2.24, 2.45) is 0 Å². The molecule has 0 saturated carbocycles. The molecule has 0 aliphatic heterocycles. The Morgan fingerprint density at radius 3 is 1.10 bits per heavy atom. The lowest BCUT2D eigenvalue weighted by Crippen LogP contribution is -2.60. The smallest absolute Gasteiger partial charge is 0.283 e. The lowest BCUT2D eigenvalue weighted by atomic mass is 9.94. The third-order valence-electron chi connectivity index (χ3n) is 3.68. The summed E-state index contributed by atoms with van der Waals surface area (Å²) in [6.45, 7) is 0. The van der Waals surface area contributed by atoms with E-state index < -0.39 is 83.3 Å². The van der Waals surface area contributed by atoms with Crippen molar-refractivity contribution in [1.29, 1.82) is 0 Å². The van der Waals surface area contributed by atoms with Crippen LogP contribution in [-0.4, -0.2) is 86.1 Å². The highest BCUT2D eigenvalue weighted by atomic mass is 32.2. The Morgan fingerprint density at radius 2 is 0.806 bits per heavy atom. The fraction of sp³-hybridized carbons (Fsp3) is 1.00. The molecule has 0 aromatic carbocycles. The van der Waals surface area contributed by atoms with Gasteiger partial charge in [-0.15, -0.1) is 0 Å². The van der Waals surface area contributed by atoms with E-state index in [4.69, 9.17) is 4.55 Å². The van der Waals surface area contributed by atoms with Crippen LogP contribution in [0.4, 0.5) is 65.9 Å². The first-order valence-electron chi connectivity index (χ1n) is 7.40. The van der Waals surface area contributed by atoms with Crippen molar-refractivity contribution >= 4 is 10.1 Å². The van der Waals surface area contributed by atoms with E-state index in [-0.39, 0.29) is 0 Å². The molecule has 3 nitrogen and oxygen atoms in total. The molecule has 0 rings (SSSR count). The first-order valence-corrected chi connectivity index (χ1v) is 8.91. The second kappa shape index (κ2) is 10.2. The summed E-state index contributed by atoms with van der Waals surface area (Å²) in [7, 11) is -6.69. The summed E-state index contributed by atoms with van der Waals surface area (Å²) in [4.78, 5) is 0.